The highest BCUT2D eigenvalue weighted by Gasteiger charge is 2.00. The monoisotopic (exact) mass is 451 g/mol. The van der Waals surface area contributed by atoms with Crippen molar-refractivity contribution in [3.05, 3.63) is 12.2 Å². The van der Waals surface area contributed by atoms with E-state index in [0.717, 1.165) is 45.4 Å². The van der Waals surface area contributed by atoms with Gasteiger partial charge >= 0.3 is 0 Å². The third-order valence-electron chi connectivity index (χ3n) is 6.08. The SMILES string of the molecule is CCCCCCCCC=CCCCCCCCCCCCC(=O)NCCCNCCCN. The first-order valence-electron chi connectivity index (χ1n) is 14.1. The largest absolute Gasteiger partial charge is 0.356 e. The van der Waals surface area contributed by atoms with Crippen LogP contribution >= 0.6 is 0 Å². The predicted molar refractivity (Wildman–Crippen MR) is 142 cm³/mol. The van der Waals surface area contributed by atoms with Crippen LogP contribution in [0.15, 0.2) is 12.2 Å². The fourth-order valence-electron chi connectivity index (χ4n) is 3.95. The van der Waals surface area contributed by atoms with Gasteiger partial charge in [0.1, 0.15) is 0 Å². The number of nitrogens with one attached hydrogen (secondary N) is 2. The van der Waals surface area contributed by atoms with Crippen LogP contribution in [0.25, 0.3) is 0 Å². The lowest BCUT2D eigenvalue weighted by Gasteiger charge is -2.06. The van der Waals surface area contributed by atoms with Gasteiger partial charge in [-0.2, -0.15) is 0 Å². The van der Waals surface area contributed by atoms with Gasteiger partial charge in [-0.25, -0.2) is 0 Å². The zero-order valence-electron chi connectivity index (χ0n) is 21.6. The summed E-state index contributed by atoms with van der Waals surface area (Å²) < 4.78 is 0. The number of rotatable bonds is 26. The Balaban J connectivity index is 3.17. The lowest BCUT2D eigenvalue weighted by Crippen LogP contribution is -2.27. The summed E-state index contributed by atoms with van der Waals surface area (Å²) in [5.74, 6) is 0.216. The average molecular weight is 452 g/mol. The van der Waals surface area contributed by atoms with Crippen LogP contribution in [0, 0.1) is 0 Å². The summed E-state index contributed by atoms with van der Waals surface area (Å²) in [6, 6.07) is 0. The predicted octanol–water partition coefficient (Wildman–Crippen LogP) is 7.03. The third-order valence-corrected chi connectivity index (χ3v) is 6.08. The quantitative estimate of drug-likeness (QED) is 0.0976. The highest BCUT2D eigenvalue weighted by atomic mass is 16.1. The molecule has 0 aromatic carbocycles. The molecule has 0 aromatic heterocycles. The first kappa shape index (κ1) is 31.1. The maximum atomic E-state index is 11.8. The second-order valence-electron chi connectivity index (χ2n) is 9.34. The van der Waals surface area contributed by atoms with Crippen LogP contribution in [0.5, 0.6) is 0 Å². The highest BCUT2D eigenvalue weighted by Crippen LogP contribution is 2.12. The molecule has 0 heterocycles. The van der Waals surface area contributed by atoms with Gasteiger partial charge in [-0.05, 0) is 64.6 Å². The van der Waals surface area contributed by atoms with Gasteiger partial charge in [0.15, 0.2) is 0 Å². The van der Waals surface area contributed by atoms with Crippen molar-refractivity contribution in [2.45, 2.75) is 135 Å². The van der Waals surface area contributed by atoms with Crippen LogP contribution in [0.3, 0.4) is 0 Å². The molecule has 32 heavy (non-hydrogen) atoms. The molecule has 4 N–H and O–H groups in total. The first-order valence-corrected chi connectivity index (χ1v) is 14.1. The van der Waals surface area contributed by atoms with Crippen LogP contribution in [0.1, 0.15) is 135 Å². The Labute approximate surface area is 201 Å². The average Bonchev–Trinajstić information content (AvgIpc) is 2.80. The highest BCUT2D eigenvalue weighted by molar-refractivity contribution is 5.75. The van der Waals surface area contributed by atoms with Crippen molar-refractivity contribution in [3.8, 4) is 0 Å². The van der Waals surface area contributed by atoms with Gasteiger partial charge in [-0.15, -0.1) is 0 Å². The van der Waals surface area contributed by atoms with Gasteiger partial charge in [-0.1, -0.05) is 96.1 Å². The fourth-order valence-corrected chi connectivity index (χ4v) is 3.95. The smallest absolute Gasteiger partial charge is 0.219 e. The van der Waals surface area contributed by atoms with Crippen LogP contribution in [-0.2, 0) is 4.79 Å². The molecule has 0 aliphatic rings. The zero-order chi connectivity index (χ0) is 23.4. The van der Waals surface area contributed by atoms with E-state index < -0.39 is 0 Å². The summed E-state index contributed by atoms with van der Waals surface area (Å²) in [5, 5.41) is 6.36. The Morgan fingerprint density at radius 3 is 1.69 bits per heavy atom. The van der Waals surface area contributed by atoms with Crippen molar-refractivity contribution in [2.75, 3.05) is 26.2 Å². The summed E-state index contributed by atoms with van der Waals surface area (Å²) in [6.45, 7) is 5.73. The Morgan fingerprint density at radius 1 is 0.625 bits per heavy atom. The van der Waals surface area contributed by atoms with Crippen molar-refractivity contribution in [1.29, 1.82) is 0 Å². The maximum Gasteiger partial charge on any atom is 0.219 e. The number of nitrogens with two attached hydrogens (primary N) is 1. The molecule has 0 aromatic rings. The molecule has 0 radical (unpaired) electrons. The normalized spacial score (nSPS) is 11.4. The Morgan fingerprint density at radius 2 is 1.12 bits per heavy atom. The number of amides is 1. The molecule has 1 amide bonds. The van der Waals surface area contributed by atoms with E-state index in [1.165, 1.54) is 103 Å². The lowest BCUT2D eigenvalue weighted by molar-refractivity contribution is -0.121. The van der Waals surface area contributed by atoms with Gasteiger partial charge in [0, 0.05) is 13.0 Å². The summed E-state index contributed by atoms with van der Waals surface area (Å²) in [4.78, 5) is 11.8. The van der Waals surface area contributed by atoms with Gasteiger partial charge in [-0.3, -0.25) is 4.79 Å². The second-order valence-corrected chi connectivity index (χ2v) is 9.34. The molecule has 0 saturated carbocycles. The van der Waals surface area contributed by atoms with Crippen LogP contribution in [-0.4, -0.2) is 32.1 Å². The standard InChI is InChI=1S/C28H57N3O/c1-2-3-4-5-6-7-8-9-10-11-12-13-14-15-16-17-18-19-20-23-28(32)31-27-22-26-30-25-21-24-29/h9-10,30H,2-8,11-27,29H2,1H3,(H,31,32). The van der Waals surface area contributed by atoms with Gasteiger partial charge in [0.25, 0.3) is 0 Å². The molecule has 190 valence electrons. The van der Waals surface area contributed by atoms with Crippen molar-refractivity contribution in [2.24, 2.45) is 5.73 Å². The topological polar surface area (TPSA) is 67.2 Å². The Hall–Kier alpha value is -0.870. The molecule has 0 rings (SSSR count). The van der Waals surface area contributed by atoms with Crippen molar-refractivity contribution >= 4 is 5.91 Å². The molecule has 0 fully saturated rings. The van der Waals surface area contributed by atoms with E-state index in [4.69, 9.17) is 5.73 Å². The molecule has 0 bridgehead atoms. The van der Waals surface area contributed by atoms with Crippen molar-refractivity contribution in [1.82, 2.24) is 10.6 Å². The molecule has 0 saturated heterocycles. The van der Waals surface area contributed by atoms with E-state index in [2.05, 4.69) is 29.7 Å². The van der Waals surface area contributed by atoms with Crippen molar-refractivity contribution < 1.29 is 4.79 Å². The van der Waals surface area contributed by atoms with Gasteiger partial charge < -0.3 is 16.4 Å². The summed E-state index contributed by atoms with van der Waals surface area (Å²) in [7, 11) is 0. The zero-order valence-corrected chi connectivity index (χ0v) is 21.6. The molecular weight excluding hydrogens is 394 g/mol. The molecular formula is C28H57N3O. The molecule has 0 spiro atoms. The summed E-state index contributed by atoms with van der Waals surface area (Å²) in [6.07, 6.45) is 30.1. The number of hydrogen-bond acceptors (Lipinski definition) is 3. The summed E-state index contributed by atoms with van der Waals surface area (Å²) >= 11 is 0. The van der Waals surface area contributed by atoms with E-state index in [0.29, 0.717) is 6.42 Å². The third kappa shape index (κ3) is 27.2. The summed E-state index contributed by atoms with van der Waals surface area (Å²) in [5.41, 5.74) is 5.45. The Kier molecular flexibility index (Phi) is 27.4. The minimum Gasteiger partial charge on any atom is -0.356 e. The lowest BCUT2D eigenvalue weighted by atomic mass is 10.1. The molecule has 0 aliphatic heterocycles. The number of carbonyl (C=O) groups excluding carboxylic acids is 1. The van der Waals surface area contributed by atoms with Gasteiger partial charge in [0.05, 0.1) is 0 Å². The molecule has 4 nitrogen and oxygen atoms in total. The minimum absolute atomic E-state index is 0.216. The Bertz CT molecular complexity index is 398. The second kappa shape index (κ2) is 28.2. The van der Waals surface area contributed by atoms with Crippen LogP contribution in [0.2, 0.25) is 0 Å². The number of allylic oxidation sites excluding steroid dienone is 2. The first-order chi connectivity index (χ1) is 15.8. The van der Waals surface area contributed by atoms with Gasteiger partial charge in [0.2, 0.25) is 5.91 Å². The van der Waals surface area contributed by atoms with Crippen LogP contribution < -0.4 is 16.4 Å². The van der Waals surface area contributed by atoms with Crippen LogP contribution in [0.4, 0.5) is 0 Å². The molecule has 4 heteroatoms. The van der Waals surface area contributed by atoms with E-state index in [1.807, 2.05) is 0 Å². The molecule has 0 atom stereocenters. The van der Waals surface area contributed by atoms with E-state index in [1.54, 1.807) is 0 Å². The number of carbonyl (C=O) groups is 1. The van der Waals surface area contributed by atoms with E-state index >= 15 is 0 Å². The number of unbranched alkanes of at least 4 members (excludes halogenated alkanes) is 15. The molecule has 0 unspecified atom stereocenters. The maximum absolute atomic E-state index is 11.8. The molecule has 0 aliphatic carbocycles. The van der Waals surface area contributed by atoms with Crippen molar-refractivity contribution in [3.63, 3.8) is 0 Å². The van der Waals surface area contributed by atoms with E-state index in [-0.39, 0.29) is 5.91 Å². The van der Waals surface area contributed by atoms with E-state index in [9.17, 15) is 4.79 Å². The minimum atomic E-state index is 0.216. The number of hydrogen-bond donors (Lipinski definition) is 3. The fraction of sp³-hybridized carbons (Fsp3) is 0.893.